The van der Waals surface area contributed by atoms with Crippen molar-refractivity contribution in [3.8, 4) is 0 Å². The van der Waals surface area contributed by atoms with E-state index in [1.165, 1.54) is 101 Å². The highest BCUT2D eigenvalue weighted by atomic mass is 15.1. The van der Waals surface area contributed by atoms with Gasteiger partial charge in [-0.05, 0) is 24.0 Å². The molecule has 0 fully saturated rings. The van der Waals surface area contributed by atoms with E-state index in [0.29, 0.717) is 12.0 Å². The SMILES string of the molecule is CCCCCCCCCCCCCCCC(C(Cc1ccccc1)c1ccccc1)n1ccnc1. The summed E-state index contributed by atoms with van der Waals surface area (Å²) in [5.74, 6) is 0.449. The van der Waals surface area contributed by atoms with E-state index in [-0.39, 0.29) is 0 Å². The molecular weight excluding hydrogens is 424 g/mol. The monoisotopic (exact) mass is 472 g/mol. The third kappa shape index (κ3) is 10.4. The van der Waals surface area contributed by atoms with E-state index in [2.05, 4.69) is 83.3 Å². The third-order valence-corrected chi connectivity index (χ3v) is 7.50. The zero-order valence-corrected chi connectivity index (χ0v) is 22.2. The third-order valence-electron chi connectivity index (χ3n) is 7.50. The summed E-state index contributed by atoms with van der Waals surface area (Å²) in [5, 5.41) is 0. The highest BCUT2D eigenvalue weighted by Gasteiger charge is 2.24. The molecule has 0 amide bonds. The lowest BCUT2D eigenvalue weighted by molar-refractivity contribution is 0.366. The van der Waals surface area contributed by atoms with Crippen LogP contribution in [-0.4, -0.2) is 9.55 Å². The van der Waals surface area contributed by atoms with Gasteiger partial charge in [0.1, 0.15) is 0 Å². The van der Waals surface area contributed by atoms with E-state index in [4.69, 9.17) is 0 Å². The number of benzene rings is 2. The van der Waals surface area contributed by atoms with E-state index in [1.807, 2.05) is 12.5 Å². The molecule has 0 saturated heterocycles. The zero-order chi connectivity index (χ0) is 24.4. The maximum Gasteiger partial charge on any atom is 0.0948 e. The van der Waals surface area contributed by atoms with E-state index >= 15 is 0 Å². The van der Waals surface area contributed by atoms with Gasteiger partial charge >= 0.3 is 0 Å². The van der Waals surface area contributed by atoms with Crippen molar-refractivity contribution in [2.45, 2.75) is 115 Å². The van der Waals surface area contributed by atoms with Gasteiger partial charge in [-0.1, -0.05) is 151 Å². The molecule has 2 atom stereocenters. The minimum Gasteiger partial charge on any atom is -0.334 e. The van der Waals surface area contributed by atoms with Crippen molar-refractivity contribution in [3.63, 3.8) is 0 Å². The molecular formula is C33H48N2. The molecule has 0 saturated carbocycles. The van der Waals surface area contributed by atoms with Crippen LogP contribution >= 0.6 is 0 Å². The van der Waals surface area contributed by atoms with Crippen LogP contribution in [0, 0.1) is 0 Å². The Bertz CT molecular complexity index is 857. The summed E-state index contributed by atoms with van der Waals surface area (Å²) in [4.78, 5) is 4.40. The first-order chi connectivity index (χ1) is 17.4. The number of unbranched alkanes of at least 4 members (excludes halogenated alkanes) is 12. The molecule has 1 heterocycles. The molecule has 0 spiro atoms. The summed E-state index contributed by atoms with van der Waals surface area (Å²) in [5.41, 5.74) is 2.85. The quantitative estimate of drug-likeness (QED) is 0.159. The van der Waals surface area contributed by atoms with E-state index in [9.17, 15) is 0 Å². The molecule has 3 aromatic rings. The number of aromatic nitrogens is 2. The summed E-state index contributed by atoms with van der Waals surface area (Å²) >= 11 is 0. The van der Waals surface area contributed by atoms with Crippen molar-refractivity contribution < 1.29 is 0 Å². The molecule has 35 heavy (non-hydrogen) atoms. The van der Waals surface area contributed by atoms with E-state index < -0.39 is 0 Å². The van der Waals surface area contributed by atoms with Crippen LogP contribution in [-0.2, 0) is 6.42 Å². The van der Waals surface area contributed by atoms with Crippen molar-refractivity contribution in [2.75, 3.05) is 0 Å². The fourth-order valence-electron chi connectivity index (χ4n) is 5.44. The molecule has 0 aliphatic rings. The van der Waals surface area contributed by atoms with Crippen molar-refractivity contribution >= 4 is 0 Å². The van der Waals surface area contributed by atoms with Crippen LogP contribution in [0.15, 0.2) is 79.4 Å². The predicted molar refractivity (Wildman–Crippen MR) is 151 cm³/mol. The Morgan fingerprint density at radius 2 is 1.20 bits per heavy atom. The van der Waals surface area contributed by atoms with Crippen LogP contribution in [0.5, 0.6) is 0 Å². The Labute approximate surface area is 215 Å². The molecule has 3 rings (SSSR count). The van der Waals surface area contributed by atoms with Crippen LogP contribution < -0.4 is 0 Å². The molecule has 0 radical (unpaired) electrons. The number of hydrogen-bond acceptors (Lipinski definition) is 1. The first kappa shape index (κ1) is 27.2. The Morgan fingerprint density at radius 3 is 1.74 bits per heavy atom. The predicted octanol–water partition coefficient (Wildman–Crippen LogP) is 9.93. The molecule has 2 nitrogen and oxygen atoms in total. The van der Waals surface area contributed by atoms with Gasteiger partial charge in [-0.25, -0.2) is 4.98 Å². The summed E-state index contributed by atoms with van der Waals surface area (Å²) in [6, 6.07) is 22.5. The van der Waals surface area contributed by atoms with Gasteiger partial charge in [0.15, 0.2) is 0 Å². The first-order valence-corrected chi connectivity index (χ1v) is 14.4. The van der Waals surface area contributed by atoms with Crippen molar-refractivity contribution in [1.29, 1.82) is 0 Å². The van der Waals surface area contributed by atoms with Crippen molar-refractivity contribution in [3.05, 3.63) is 90.5 Å². The van der Waals surface area contributed by atoms with Gasteiger partial charge < -0.3 is 4.57 Å². The second kappa shape index (κ2) is 17.1. The van der Waals surface area contributed by atoms with Crippen LogP contribution in [0.2, 0.25) is 0 Å². The van der Waals surface area contributed by atoms with Crippen LogP contribution in [0.4, 0.5) is 0 Å². The topological polar surface area (TPSA) is 17.8 Å². The van der Waals surface area contributed by atoms with Crippen LogP contribution in [0.25, 0.3) is 0 Å². The smallest absolute Gasteiger partial charge is 0.0948 e. The second-order valence-electron chi connectivity index (χ2n) is 10.3. The molecule has 0 N–H and O–H groups in total. The standard InChI is InChI=1S/C33H48N2/c1-2-3-4-5-6-7-8-9-10-11-12-13-20-25-33(35-27-26-34-29-35)32(31-23-18-15-19-24-31)28-30-21-16-14-17-22-30/h14-19,21-24,26-27,29,32-33H,2-13,20,25,28H2,1H3. The van der Waals surface area contributed by atoms with Gasteiger partial charge in [-0.3, -0.25) is 0 Å². The highest BCUT2D eigenvalue weighted by molar-refractivity contribution is 5.25. The second-order valence-corrected chi connectivity index (χ2v) is 10.3. The highest BCUT2D eigenvalue weighted by Crippen LogP contribution is 2.36. The number of imidazole rings is 1. The Hall–Kier alpha value is -2.35. The van der Waals surface area contributed by atoms with Gasteiger partial charge in [0.25, 0.3) is 0 Å². The minimum atomic E-state index is 0.438. The average molecular weight is 473 g/mol. The molecule has 2 unspecified atom stereocenters. The number of nitrogens with zero attached hydrogens (tertiary/aromatic N) is 2. The lowest BCUT2D eigenvalue weighted by atomic mass is 9.83. The Balaban J connectivity index is 1.45. The molecule has 0 aliphatic heterocycles. The summed E-state index contributed by atoms with van der Waals surface area (Å²) in [6.07, 6.45) is 26.6. The normalized spacial score (nSPS) is 13.1. The first-order valence-electron chi connectivity index (χ1n) is 14.4. The van der Waals surface area contributed by atoms with E-state index in [0.717, 1.165) is 6.42 Å². The zero-order valence-electron chi connectivity index (χ0n) is 22.2. The summed E-state index contributed by atoms with van der Waals surface area (Å²) in [6.45, 7) is 2.30. The molecule has 190 valence electrons. The van der Waals surface area contributed by atoms with Crippen LogP contribution in [0.3, 0.4) is 0 Å². The Kier molecular flexibility index (Phi) is 13.3. The van der Waals surface area contributed by atoms with Gasteiger partial charge in [0, 0.05) is 24.4 Å². The van der Waals surface area contributed by atoms with Gasteiger partial charge in [-0.15, -0.1) is 0 Å². The largest absolute Gasteiger partial charge is 0.334 e. The summed E-state index contributed by atoms with van der Waals surface area (Å²) in [7, 11) is 0. The lowest BCUT2D eigenvalue weighted by Crippen LogP contribution is -2.19. The maximum atomic E-state index is 4.40. The minimum absolute atomic E-state index is 0.438. The maximum absolute atomic E-state index is 4.40. The lowest BCUT2D eigenvalue weighted by Gasteiger charge is -2.29. The number of hydrogen-bond donors (Lipinski definition) is 0. The Morgan fingerprint density at radius 1 is 0.657 bits per heavy atom. The number of rotatable bonds is 19. The average Bonchev–Trinajstić information content (AvgIpc) is 3.44. The fraction of sp³-hybridized carbons (Fsp3) is 0.545. The molecule has 2 aromatic carbocycles. The van der Waals surface area contributed by atoms with Crippen molar-refractivity contribution in [1.82, 2.24) is 9.55 Å². The molecule has 0 bridgehead atoms. The van der Waals surface area contributed by atoms with Crippen LogP contribution in [0.1, 0.15) is 120 Å². The summed E-state index contributed by atoms with van der Waals surface area (Å²) < 4.78 is 2.36. The molecule has 2 heteroatoms. The van der Waals surface area contributed by atoms with Gasteiger partial charge in [0.2, 0.25) is 0 Å². The van der Waals surface area contributed by atoms with Gasteiger partial charge in [-0.2, -0.15) is 0 Å². The van der Waals surface area contributed by atoms with E-state index in [1.54, 1.807) is 0 Å². The van der Waals surface area contributed by atoms with Gasteiger partial charge in [0.05, 0.1) is 6.33 Å². The molecule has 0 aliphatic carbocycles. The van der Waals surface area contributed by atoms with Crippen molar-refractivity contribution in [2.24, 2.45) is 0 Å². The molecule has 1 aromatic heterocycles. The fourth-order valence-corrected chi connectivity index (χ4v) is 5.44.